The van der Waals surface area contributed by atoms with Crippen LogP contribution in [-0.2, 0) is 9.53 Å². The largest absolute Gasteiger partial charge is 0.454 e. The van der Waals surface area contributed by atoms with Gasteiger partial charge in [0.25, 0.3) is 5.70 Å². The third kappa shape index (κ3) is 4.24. The van der Waals surface area contributed by atoms with Gasteiger partial charge in [-0.15, -0.1) is 0 Å². The van der Waals surface area contributed by atoms with Gasteiger partial charge in [0.15, 0.2) is 6.61 Å². The topological polar surface area (TPSA) is 69.4 Å². The molecule has 0 amide bonds. The van der Waals surface area contributed by atoms with Crippen molar-refractivity contribution in [2.24, 2.45) is 0 Å². The summed E-state index contributed by atoms with van der Waals surface area (Å²) in [7, 11) is 0. The van der Waals surface area contributed by atoms with E-state index in [0.29, 0.717) is 10.6 Å². The molecule has 1 aromatic carbocycles. The Morgan fingerprint density at radius 2 is 2.18 bits per heavy atom. The number of rotatable bonds is 4. The van der Waals surface area contributed by atoms with Crippen LogP contribution in [0.4, 0.5) is 0 Å². The van der Waals surface area contributed by atoms with Crippen LogP contribution in [0.15, 0.2) is 30.0 Å². The maximum absolute atomic E-state index is 10.7. The van der Waals surface area contributed by atoms with Crippen LogP contribution in [0.2, 0.25) is 5.02 Å². The molecule has 0 saturated carbocycles. The van der Waals surface area contributed by atoms with E-state index in [0.717, 1.165) is 0 Å². The average molecular weight is 256 g/mol. The average Bonchev–Trinajstić information content (AvgIpc) is 2.25. The maximum atomic E-state index is 10.7. The quantitative estimate of drug-likeness (QED) is 0.471. The Balaban J connectivity index is 2.94. The van der Waals surface area contributed by atoms with Gasteiger partial charge in [0.1, 0.15) is 0 Å². The summed E-state index contributed by atoms with van der Waals surface area (Å²) in [5.41, 5.74) is 0.279. The summed E-state index contributed by atoms with van der Waals surface area (Å²) in [5, 5.41) is 11.1. The van der Waals surface area contributed by atoms with Gasteiger partial charge in [-0.1, -0.05) is 29.8 Å². The van der Waals surface area contributed by atoms with Crippen LogP contribution in [-0.4, -0.2) is 17.5 Å². The van der Waals surface area contributed by atoms with Crippen molar-refractivity contribution in [2.75, 3.05) is 6.61 Å². The molecule has 5 nitrogen and oxygen atoms in total. The Bertz CT molecular complexity index is 470. The van der Waals surface area contributed by atoms with Crippen LogP contribution in [0.25, 0.3) is 6.08 Å². The molecule has 0 atom stereocenters. The van der Waals surface area contributed by atoms with Crippen molar-refractivity contribution in [3.05, 3.63) is 50.7 Å². The molecule has 0 radical (unpaired) electrons. The maximum Gasteiger partial charge on any atom is 0.303 e. The number of benzene rings is 1. The molecule has 0 heterocycles. The fourth-order valence-electron chi connectivity index (χ4n) is 1.09. The Labute approximate surface area is 103 Å². The van der Waals surface area contributed by atoms with Gasteiger partial charge >= 0.3 is 5.97 Å². The first-order valence-electron chi connectivity index (χ1n) is 4.73. The van der Waals surface area contributed by atoms with Crippen molar-refractivity contribution >= 4 is 23.6 Å². The number of carbonyl (C=O) groups is 1. The second-order valence-electron chi connectivity index (χ2n) is 3.19. The molecular formula is C11H10ClNO4. The van der Waals surface area contributed by atoms with Gasteiger partial charge in [-0.2, -0.15) is 0 Å². The van der Waals surface area contributed by atoms with E-state index in [1.807, 2.05) is 0 Å². The summed E-state index contributed by atoms with van der Waals surface area (Å²) >= 11 is 5.86. The third-order valence-corrected chi connectivity index (χ3v) is 2.23. The first-order valence-corrected chi connectivity index (χ1v) is 5.11. The summed E-state index contributed by atoms with van der Waals surface area (Å²) in [4.78, 5) is 20.7. The minimum Gasteiger partial charge on any atom is -0.454 e. The number of nitro groups is 1. The number of nitrogens with zero attached hydrogens (tertiary/aromatic N) is 1. The lowest BCUT2D eigenvalue weighted by Crippen LogP contribution is -2.09. The van der Waals surface area contributed by atoms with Crippen molar-refractivity contribution in [1.82, 2.24) is 0 Å². The molecule has 0 N–H and O–H groups in total. The summed E-state index contributed by atoms with van der Waals surface area (Å²) < 4.78 is 4.59. The zero-order chi connectivity index (χ0) is 12.8. The van der Waals surface area contributed by atoms with Gasteiger partial charge < -0.3 is 4.74 Å². The molecule has 0 spiro atoms. The predicted octanol–water partition coefficient (Wildman–Crippen LogP) is 2.52. The highest BCUT2D eigenvalue weighted by molar-refractivity contribution is 6.32. The van der Waals surface area contributed by atoms with Crippen molar-refractivity contribution in [3.63, 3.8) is 0 Å². The smallest absolute Gasteiger partial charge is 0.303 e. The lowest BCUT2D eigenvalue weighted by Gasteiger charge is -2.01. The lowest BCUT2D eigenvalue weighted by molar-refractivity contribution is -0.428. The SMILES string of the molecule is CC(=O)OC/C(=C/c1ccccc1Cl)[N+](=O)[O-]. The van der Waals surface area contributed by atoms with E-state index in [4.69, 9.17) is 11.6 Å². The molecule has 1 rings (SSSR count). The van der Waals surface area contributed by atoms with E-state index in [1.165, 1.54) is 13.0 Å². The fraction of sp³-hybridized carbons (Fsp3) is 0.182. The highest BCUT2D eigenvalue weighted by atomic mass is 35.5. The van der Waals surface area contributed by atoms with Gasteiger partial charge in [-0.25, -0.2) is 0 Å². The van der Waals surface area contributed by atoms with E-state index >= 15 is 0 Å². The Kier molecular flexibility index (Phi) is 4.66. The monoisotopic (exact) mass is 255 g/mol. The van der Waals surface area contributed by atoms with Crippen LogP contribution in [0.5, 0.6) is 0 Å². The lowest BCUT2D eigenvalue weighted by atomic mass is 10.2. The van der Waals surface area contributed by atoms with E-state index in [2.05, 4.69) is 4.74 Å². The first kappa shape index (κ1) is 13.2. The summed E-state index contributed by atoms with van der Waals surface area (Å²) in [6.45, 7) is 0.806. The zero-order valence-corrected chi connectivity index (χ0v) is 9.81. The molecule has 0 aliphatic heterocycles. The minimum atomic E-state index is -0.605. The van der Waals surface area contributed by atoms with E-state index in [9.17, 15) is 14.9 Å². The fourth-order valence-corrected chi connectivity index (χ4v) is 1.28. The highest BCUT2D eigenvalue weighted by Gasteiger charge is 2.13. The van der Waals surface area contributed by atoms with E-state index < -0.39 is 10.9 Å². The van der Waals surface area contributed by atoms with Crippen molar-refractivity contribution < 1.29 is 14.5 Å². The molecule has 1 aromatic rings. The summed E-state index contributed by atoms with van der Waals surface area (Å²) in [6.07, 6.45) is 1.28. The van der Waals surface area contributed by atoms with Crippen LogP contribution in [0.1, 0.15) is 12.5 Å². The van der Waals surface area contributed by atoms with Crippen LogP contribution in [0, 0.1) is 10.1 Å². The van der Waals surface area contributed by atoms with Gasteiger partial charge in [-0.05, 0) is 11.6 Å². The predicted molar refractivity (Wildman–Crippen MR) is 63.1 cm³/mol. The number of hydrogen-bond acceptors (Lipinski definition) is 4. The molecule has 90 valence electrons. The minimum absolute atomic E-state index is 0.228. The molecule has 0 unspecified atom stereocenters. The number of hydrogen-bond donors (Lipinski definition) is 0. The first-order chi connectivity index (χ1) is 8.00. The summed E-state index contributed by atoms with van der Waals surface area (Å²) in [5.74, 6) is -0.572. The molecule has 0 saturated heterocycles. The van der Waals surface area contributed by atoms with Gasteiger partial charge in [0.2, 0.25) is 0 Å². The number of halogens is 1. The molecule has 0 aliphatic carbocycles. The molecule has 0 bridgehead atoms. The molecule has 0 aromatic heterocycles. The number of ether oxygens (including phenoxy) is 1. The number of esters is 1. The van der Waals surface area contributed by atoms with Crippen molar-refractivity contribution in [3.8, 4) is 0 Å². The van der Waals surface area contributed by atoms with E-state index in [-0.39, 0.29) is 12.3 Å². The zero-order valence-electron chi connectivity index (χ0n) is 9.05. The Hall–Kier alpha value is -1.88. The normalized spacial score (nSPS) is 11.1. The molecule has 6 heteroatoms. The van der Waals surface area contributed by atoms with Crippen LogP contribution < -0.4 is 0 Å². The molecular weight excluding hydrogens is 246 g/mol. The highest BCUT2D eigenvalue weighted by Crippen LogP contribution is 2.18. The Morgan fingerprint density at radius 3 is 2.71 bits per heavy atom. The second-order valence-corrected chi connectivity index (χ2v) is 3.60. The second kappa shape index (κ2) is 6.00. The Morgan fingerprint density at radius 1 is 1.53 bits per heavy atom. The molecule has 17 heavy (non-hydrogen) atoms. The summed E-state index contributed by atoms with van der Waals surface area (Å²) in [6, 6.07) is 6.69. The van der Waals surface area contributed by atoms with Crippen LogP contribution >= 0.6 is 11.6 Å². The number of carbonyl (C=O) groups excluding carboxylic acids is 1. The van der Waals surface area contributed by atoms with E-state index in [1.54, 1.807) is 24.3 Å². The van der Waals surface area contributed by atoms with Gasteiger partial charge in [-0.3, -0.25) is 14.9 Å². The van der Waals surface area contributed by atoms with Crippen molar-refractivity contribution in [1.29, 1.82) is 0 Å². The molecule has 0 aliphatic rings. The van der Waals surface area contributed by atoms with Gasteiger partial charge in [0.05, 0.1) is 4.92 Å². The molecule has 0 fully saturated rings. The third-order valence-electron chi connectivity index (χ3n) is 1.89. The standard InChI is InChI=1S/C11H10ClNO4/c1-8(14)17-7-10(13(15)16)6-9-4-2-3-5-11(9)12/h2-6H,7H2,1H3/b10-6-. The van der Waals surface area contributed by atoms with Crippen molar-refractivity contribution in [2.45, 2.75) is 6.92 Å². The van der Waals surface area contributed by atoms with Crippen LogP contribution in [0.3, 0.4) is 0 Å². The van der Waals surface area contributed by atoms with Gasteiger partial charge in [0, 0.05) is 18.0 Å².